The minimum atomic E-state index is -0.840. The van der Waals surface area contributed by atoms with Crippen molar-refractivity contribution >= 4 is 23.5 Å². The van der Waals surface area contributed by atoms with Gasteiger partial charge in [0.1, 0.15) is 5.75 Å². The van der Waals surface area contributed by atoms with Gasteiger partial charge < -0.3 is 19.7 Å². The second-order valence-electron chi connectivity index (χ2n) is 9.87. The van der Waals surface area contributed by atoms with Crippen LogP contribution in [0, 0.1) is 17.8 Å². The van der Waals surface area contributed by atoms with Crippen molar-refractivity contribution in [2.24, 2.45) is 17.8 Å². The molecule has 0 spiro atoms. The molecule has 1 heterocycles. The first-order chi connectivity index (χ1) is 14.9. The van der Waals surface area contributed by atoms with Gasteiger partial charge in [0.25, 0.3) is 11.8 Å². The lowest BCUT2D eigenvalue weighted by atomic mass is 9.53. The van der Waals surface area contributed by atoms with Crippen molar-refractivity contribution < 1.29 is 23.9 Å². The predicted octanol–water partition coefficient (Wildman–Crippen LogP) is 2.82. The van der Waals surface area contributed by atoms with Crippen LogP contribution < -0.4 is 15.0 Å². The number of ether oxygens (including phenoxy) is 2. The summed E-state index contributed by atoms with van der Waals surface area (Å²) in [6.45, 7) is 1.78. The van der Waals surface area contributed by atoms with E-state index >= 15 is 0 Å². The molecule has 7 nitrogen and oxygen atoms in total. The molecule has 31 heavy (non-hydrogen) atoms. The van der Waals surface area contributed by atoms with Gasteiger partial charge in [-0.3, -0.25) is 14.4 Å². The van der Waals surface area contributed by atoms with Gasteiger partial charge in [-0.1, -0.05) is 12.1 Å². The Bertz CT molecular complexity index is 862. The van der Waals surface area contributed by atoms with E-state index in [9.17, 15) is 14.4 Å². The average Bonchev–Trinajstić information content (AvgIpc) is 2.71. The highest BCUT2D eigenvalue weighted by molar-refractivity contribution is 5.98. The lowest BCUT2D eigenvalue weighted by Crippen LogP contribution is -2.61. The summed E-state index contributed by atoms with van der Waals surface area (Å²) in [7, 11) is 0. The van der Waals surface area contributed by atoms with Gasteiger partial charge >= 0.3 is 5.97 Å². The first-order valence-electron chi connectivity index (χ1n) is 11.4. The maximum atomic E-state index is 12.8. The minimum Gasteiger partial charge on any atom is -0.482 e. The third kappa shape index (κ3) is 4.02. The summed E-state index contributed by atoms with van der Waals surface area (Å²) in [6, 6.07) is 7.25. The van der Waals surface area contributed by atoms with E-state index in [0.29, 0.717) is 11.4 Å². The van der Waals surface area contributed by atoms with Crippen molar-refractivity contribution in [1.82, 2.24) is 5.32 Å². The largest absolute Gasteiger partial charge is 0.482 e. The van der Waals surface area contributed by atoms with Crippen LogP contribution in [-0.2, 0) is 19.1 Å². The van der Waals surface area contributed by atoms with Gasteiger partial charge in [-0.25, -0.2) is 0 Å². The number of rotatable bonds is 6. The van der Waals surface area contributed by atoms with E-state index in [1.54, 1.807) is 24.0 Å². The van der Waals surface area contributed by atoms with Gasteiger partial charge in [0.05, 0.1) is 12.1 Å². The van der Waals surface area contributed by atoms with Crippen LogP contribution in [0.15, 0.2) is 24.3 Å². The Kier molecular flexibility index (Phi) is 5.15. The summed E-state index contributed by atoms with van der Waals surface area (Å²) < 4.78 is 10.8. The molecule has 4 aliphatic carbocycles. The fourth-order valence-corrected chi connectivity index (χ4v) is 6.54. The maximum absolute atomic E-state index is 12.8. The number of hydrogen-bond donors (Lipinski definition) is 1. The van der Waals surface area contributed by atoms with Crippen LogP contribution >= 0.6 is 0 Å². The van der Waals surface area contributed by atoms with E-state index in [1.807, 2.05) is 12.1 Å². The van der Waals surface area contributed by atoms with Crippen LogP contribution in [0.4, 0.5) is 5.69 Å². The van der Waals surface area contributed by atoms with Crippen LogP contribution in [0.5, 0.6) is 5.75 Å². The summed E-state index contributed by atoms with van der Waals surface area (Å²) in [5, 5.41) is 3.26. The quantitative estimate of drug-likeness (QED) is 0.707. The number of anilines is 1. The molecule has 1 aromatic rings. The van der Waals surface area contributed by atoms with E-state index in [-0.39, 0.29) is 36.9 Å². The van der Waals surface area contributed by atoms with Crippen LogP contribution in [-0.4, -0.2) is 42.6 Å². The Labute approximate surface area is 182 Å². The fourth-order valence-electron chi connectivity index (χ4n) is 6.54. The maximum Gasteiger partial charge on any atom is 0.308 e. The minimum absolute atomic E-state index is 0.0229. The highest BCUT2D eigenvalue weighted by atomic mass is 16.5. The molecule has 0 saturated heterocycles. The number of carbonyl (C=O) groups excluding carboxylic acids is 3. The molecular weight excluding hydrogens is 396 g/mol. The fraction of sp³-hybridized carbons (Fsp3) is 0.625. The van der Waals surface area contributed by atoms with Crippen LogP contribution in [0.25, 0.3) is 0 Å². The number of fused-ring (bicyclic) bond motifs is 1. The zero-order valence-corrected chi connectivity index (χ0v) is 18.0. The summed E-state index contributed by atoms with van der Waals surface area (Å²) in [5.41, 5.74) is 0.551. The highest BCUT2D eigenvalue weighted by Crippen LogP contribution is 2.55. The monoisotopic (exact) mass is 426 g/mol. The number of esters is 1. The summed E-state index contributed by atoms with van der Waals surface area (Å²) >= 11 is 0. The normalized spacial score (nSPS) is 31.6. The van der Waals surface area contributed by atoms with Crippen molar-refractivity contribution in [3.8, 4) is 5.75 Å². The zero-order valence-electron chi connectivity index (χ0n) is 18.0. The van der Waals surface area contributed by atoms with Crippen molar-refractivity contribution in [1.29, 1.82) is 0 Å². The Morgan fingerprint density at radius 1 is 1.16 bits per heavy atom. The van der Waals surface area contributed by atoms with Crippen molar-refractivity contribution in [2.75, 3.05) is 18.1 Å². The SMILES string of the molecule is C[C@H](OC(=O)CCN1C(=O)COc2ccccc21)C(=O)NC12CC3CC(CC(C3)C1)C2. The standard InChI is InChI=1S/C24H30N2O5/c1-15(23(29)25-24-11-16-8-17(12-24)10-18(9-16)13-24)31-22(28)6-7-26-19-4-2-3-5-20(19)30-14-21(26)27/h2-5,15-18H,6-14H2,1H3,(H,25,29)/t15-,16?,17?,18?,24?/m0/s1. The molecule has 4 fully saturated rings. The van der Waals surface area contributed by atoms with Gasteiger partial charge in [0, 0.05) is 12.1 Å². The molecule has 1 aromatic carbocycles. The van der Waals surface area contributed by atoms with Crippen LogP contribution in [0.3, 0.4) is 0 Å². The third-order valence-corrected chi connectivity index (χ3v) is 7.45. The molecule has 1 aliphatic heterocycles. The van der Waals surface area contributed by atoms with Crippen molar-refractivity contribution in [3.63, 3.8) is 0 Å². The van der Waals surface area contributed by atoms with Gasteiger partial charge in [-0.05, 0) is 75.3 Å². The Morgan fingerprint density at radius 3 is 2.48 bits per heavy atom. The molecular formula is C24H30N2O5. The number of benzene rings is 1. The summed E-state index contributed by atoms with van der Waals surface area (Å²) in [6.07, 6.45) is 6.29. The molecule has 2 amide bonds. The van der Waals surface area contributed by atoms with Gasteiger partial charge in [0.15, 0.2) is 12.7 Å². The zero-order chi connectivity index (χ0) is 21.6. The second-order valence-corrected chi connectivity index (χ2v) is 9.87. The molecule has 6 rings (SSSR count). The summed E-state index contributed by atoms with van der Waals surface area (Å²) in [4.78, 5) is 39.0. The van der Waals surface area contributed by atoms with E-state index in [4.69, 9.17) is 9.47 Å². The van der Waals surface area contributed by atoms with Crippen LogP contribution in [0.1, 0.15) is 51.9 Å². The number of hydrogen-bond acceptors (Lipinski definition) is 5. The molecule has 1 atom stereocenters. The smallest absolute Gasteiger partial charge is 0.308 e. The molecule has 4 saturated carbocycles. The molecule has 0 aromatic heterocycles. The average molecular weight is 427 g/mol. The first-order valence-corrected chi connectivity index (χ1v) is 11.4. The van der Waals surface area contributed by atoms with Gasteiger partial charge in [-0.15, -0.1) is 0 Å². The molecule has 1 N–H and O–H groups in total. The van der Waals surface area contributed by atoms with E-state index in [2.05, 4.69) is 5.32 Å². The molecule has 0 radical (unpaired) electrons. The van der Waals surface area contributed by atoms with Crippen molar-refractivity contribution in [3.05, 3.63) is 24.3 Å². The first kappa shape index (κ1) is 20.3. The third-order valence-electron chi connectivity index (χ3n) is 7.45. The van der Waals surface area contributed by atoms with Gasteiger partial charge in [0.2, 0.25) is 0 Å². The molecule has 5 aliphatic rings. The van der Waals surface area contributed by atoms with E-state index in [1.165, 1.54) is 19.3 Å². The number of nitrogens with zero attached hydrogens (tertiary/aromatic N) is 1. The summed E-state index contributed by atoms with van der Waals surface area (Å²) in [5.74, 6) is 1.95. The van der Waals surface area contributed by atoms with E-state index in [0.717, 1.165) is 37.0 Å². The predicted molar refractivity (Wildman–Crippen MR) is 114 cm³/mol. The van der Waals surface area contributed by atoms with Gasteiger partial charge in [-0.2, -0.15) is 0 Å². The number of nitrogens with one attached hydrogen (secondary N) is 1. The lowest BCUT2D eigenvalue weighted by molar-refractivity contribution is -0.156. The molecule has 4 bridgehead atoms. The Hall–Kier alpha value is -2.57. The molecule has 0 unspecified atom stereocenters. The Balaban J connectivity index is 1.14. The number of para-hydroxylation sites is 2. The van der Waals surface area contributed by atoms with Crippen LogP contribution in [0.2, 0.25) is 0 Å². The molecule has 166 valence electrons. The Morgan fingerprint density at radius 2 is 1.81 bits per heavy atom. The number of carbonyl (C=O) groups is 3. The number of amides is 2. The lowest BCUT2D eigenvalue weighted by Gasteiger charge is -2.57. The topological polar surface area (TPSA) is 84.9 Å². The second kappa shape index (κ2) is 7.84. The van der Waals surface area contributed by atoms with E-state index < -0.39 is 12.1 Å². The van der Waals surface area contributed by atoms with Crippen molar-refractivity contribution in [2.45, 2.75) is 63.5 Å². The highest BCUT2D eigenvalue weighted by Gasteiger charge is 2.51. The molecule has 7 heteroatoms.